The van der Waals surface area contributed by atoms with E-state index in [2.05, 4.69) is 0 Å². The summed E-state index contributed by atoms with van der Waals surface area (Å²) in [6.07, 6.45) is 8.69. The number of aliphatic hydroxyl groups excluding tert-OH is 1. The molecule has 0 aromatic heterocycles. The summed E-state index contributed by atoms with van der Waals surface area (Å²) in [6, 6.07) is 2.63. The van der Waals surface area contributed by atoms with E-state index >= 15 is 0 Å². The van der Waals surface area contributed by atoms with E-state index in [9.17, 15) is 20.1 Å². The van der Waals surface area contributed by atoms with E-state index in [0.717, 1.165) is 0 Å². The number of carbonyl (C=O) groups is 1. The first-order chi connectivity index (χ1) is 10.0. The Morgan fingerprint density at radius 2 is 2.10 bits per heavy atom. The fourth-order valence-electron chi connectivity index (χ4n) is 2.03. The van der Waals surface area contributed by atoms with Gasteiger partial charge in [-0.2, -0.15) is 0 Å². The number of phenols is 2. The van der Waals surface area contributed by atoms with Gasteiger partial charge in [0.25, 0.3) is 0 Å². The molecule has 5 nitrogen and oxygen atoms in total. The van der Waals surface area contributed by atoms with Gasteiger partial charge >= 0.3 is 0 Å². The Morgan fingerprint density at radius 3 is 2.71 bits per heavy atom. The zero-order chi connectivity index (χ0) is 15.4. The average molecular weight is 288 g/mol. The van der Waals surface area contributed by atoms with Crippen LogP contribution in [0.15, 0.2) is 48.3 Å². The Morgan fingerprint density at radius 1 is 1.33 bits per heavy atom. The summed E-state index contributed by atoms with van der Waals surface area (Å²) in [5, 5.41) is 28.6. The molecule has 0 saturated carbocycles. The molecule has 5 heteroatoms. The summed E-state index contributed by atoms with van der Waals surface area (Å²) < 4.78 is 4.85. The third kappa shape index (κ3) is 3.25. The second kappa shape index (κ2) is 6.17. The first-order valence-corrected chi connectivity index (χ1v) is 6.41. The molecule has 2 rings (SSSR count). The predicted molar refractivity (Wildman–Crippen MR) is 77.8 cm³/mol. The van der Waals surface area contributed by atoms with Crippen molar-refractivity contribution in [2.45, 2.75) is 6.42 Å². The van der Waals surface area contributed by atoms with E-state index in [1.54, 1.807) is 24.3 Å². The quantitative estimate of drug-likeness (QED) is 0.586. The van der Waals surface area contributed by atoms with Crippen LogP contribution in [-0.2, 0) is 0 Å². The average Bonchev–Trinajstić information content (AvgIpc) is 2.47. The van der Waals surface area contributed by atoms with Gasteiger partial charge in [-0.05, 0) is 42.7 Å². The number of aliphatic hydroxyl groups is 1. The number of methoxy groups -OCH3 is 1. The Hall–Kier alpha value is -2.69. The second-order valence-electron chi connectivity index (χ2n) is 4.63. The van der Waals surface area contributed by atoms with Crippen LogP contribution < -0.4 is 4.74 Å². The van der Waals surface area contributed by atoms with Gasteiger partial charge in [0.2, 0.25) is 5.75 Å². The van der Waals surface area contributed by atoms with Crippen molar-refractivity contribution >= 4 is 5.78 Å². The number of allylic oxidation sites excluding steroid dienone is 5. The fourth-order valence-corrected chi connectivity index (χ4v) is 2.03. The highest BCUT2D eigenvalue weighted by molar-refractivity contribution is 6.07. The number of rotatable bonds is 4. The fraction of sp³-hybridized carbons (Fsp3) is 0.188. The lowest BCUT2D eigenvalue weighted by atomic mass is 9.98. The minimum absolute atomic E-state index is 0.0194. The lowest BCUT2D eigenvalue weighted by molar-refractivity contribution is 0.104. The molecule has 0 aliphatic heterocycles. The summed E-state index contributed by atoms with van der Waals surface area (Å²) >= 11 is 0. The van der Waals surface area contributed by atoms with Gasteiger partial charge in [0, 0.05) is 0 Å². The van der Waals surface area contributed by atoms with Crippen molar-refractivity contribution in [1.82, 2.24) is 0 Å². The van der Waals surface area contributed by atoms with Gasteiger partial charge in [0.15, 0.2) is 17.3 Å². The minimum Gasteiger partial charge on any atom is -0.508 e. The number of hydrogen-bond donors (Lipinski definition) is 3. The third-order valence-corrected chi connectivity index (χ3v) is 3.19. The van der Waals surface area contributed by atoms with Gasteiger partial charge in [-0.15, -0.1) is 0 Å². The molecule has 1 aromatic carbocycles. The third-order valence-electron chi connectivity index (χ3n) is 3.19. The van der Waals surface area contributed by atoms with Crippen LogP contribution in [-0.4, -0.2) is 28.2 Å². The monoisotopic (exact) mass is 288 g/mol. The van der Waals surface area contributed by atoms with Crippen molar-refractivity contribution in [3.8, 4) is 17.2 Å². The van der Waals surface area contributed by atoms with E-state index in [4.69, 9.17) is 4.74 Å². The molecule has 0 heterocycles. The molecule has 21 heavy (non-hydrogen) atoms. The number of benzene rings is 1. The molecular formula is C16H16O5. The van der Waals surface area contributed by atoms with Crippen molar-refractivity contribution in [1.29, 1.82) is 0 Å². The molecule has 1 aliphatic carbocycles. The number of aromatic hydroxyl groups is 2. The molecule has 1 aliphatic rings. The zero-order valence-electron chi connectivity index (χ0n) is 11.5. The summed E-state index contributed by atoms with van der Waals surface area (Å²) in [5.41, 5.74) is 0.0547. The molecule has 1 atom stereocenters. The highest BCUT2D eigenvalue weighted by atomic mass is 16.5. The molecule has 0 fully saturated rings. The lowest BCUT2D eigenvalue weighted by Crippen LogP contribution is -2.00. The van der Waals surface area contributed by atoms with Crippen LogP contribution in [0.4, 0.5) is 0 Å². The maximum atomic E-state index is 12.1. The molecular weight excluding hydrogens is 272 g/mol. The number of carbonyl (C=O) groups excluding carboxylic acids is 1. The smallest absolute Gasteiger partial charge is 0.203 e. The van der Waals surface area contributed by atoms with Gasteiger partial charge in [-0.1, -0.05) is 12.2 Å². The van der Waals surface area contributed by atoms with Crippen molar-refractivity contribution < 1.29 is 24.9 Å². The summed E-state index contributed by atoms with van der Waals surface area (Å²) in [4.78, 5) is 12.1. The molecule has 0 spiro atoms. The Bertz CT molecular complexity index is 640. The normalized spacial score (nSPS) is 17.8. The number of hydrogen-bond acceptors (Lipinski definition) is 5. The molecule has 110 valence electrons. The van der Waals surface area contributed by atoms with E-state index in [1.165, 1.54) is 25.3 Å². The molecule has 0 saturated heterocycles. The number of ketones is 1. The van der Waals surface area contributed by atoms with Crippen LogP contribution in [0, 0.1) is 5.92 Å². The van der Waals surface area contributed by atoms with E-state index < -0.39 is 5.78 Å². The van der Waals surface area contributed by atoms with E-state index in [-0.39, 0.29) is 34.5 Å². The maximum Gasteiger partial charge on any atom is 0.203 e. The van der Waals surface area contributed by atoms with Crippen LogP contribution in [0.2, 0.25) is 0 Å². The van der Waals surface area contributed by atoms with Gasteiger partial charge in [-0.25, -0.2) is 0 Å². The zero-order valence-corrected chi connectivity index (χ0v) is 11.5. The second-order valence-corrected chi connectivity index (χ2v) is 4.63. The van der Waals surface area contributed by atoms with Crippen molar-refractivity contribution in [3.05, 3.63) is 53.8 Å². The number of ether oxygens (including phenoxy) is 1. The predicted octanol–water partition coefficient (Wildman–Crippen LogP) is 2.86. The standard InChI is InChI=1S/C16H16O5/c1-21-16-14(19)9-7-12(15(16)20)13(18)8-4-10-2-5-11(17)6-3-10/h2,4-10,17,19-20H,3H2,1H3. The molecule has 0 radical (unpaired) electrons. The topological polar surface area (TPSA) is 87.0 Å². The first-order valence-electron chi connectivity index (χ1n) is 6.41. The van der Waals surface area contributed by atoms with Crippen molar-refractivity contribution in [2.75, 3.05) is 7.11 Å². The van der Waals surface area contributed by atoms with Crippen LogP contribution in [0.1, 0.15) is 16.8 Å². The summed E-state index contributed by atoms with van der Waals surface area (Å²) in [5.74, 6) is -0.897. The van der Waals surface area contributed by atoms with Crippen molar-refractivity contribution in [2.24, 2.45) is 5.92 Å². The van der Waals surface area contributed by atoms with Gasteiger partial charge in [0.05, 0.1) is 12.7 Å². The van der Waals surface area contributed by atoms with Gasteiger partial charge in [0.1, 0.15) is 5.76 Å². The first kappa shape index (κ1) is 14.7. The van der Waals surface area contributed by atoms with Crippen molar-refractivity contribution in [3.63, 3.8) is 0 Å². The van der Waals surface area contributed by atoms with Gasteiger partial charge in [-0.3, -0.25) is 4.79 Å². The molecule has 0 amide bonds. The lowest BCUT2D eigenvalue weighted by Gasteiger charge is -2.10. The Balaban J connectivity index is 2.16. The largest absolute Gasteiger partial charge is 0.508 e. The van der Waals surface area contributed by atoms with E-state index in [1.807, 2.05) is 0 Å². The summed E-state index contributed by atoms with van der Waals surface area (Å²) in [6.45, 7) is 0. The Kier molecular flexibility index (Phi) is 4.33. The van der Waals surface area contributed by atoms with Crippen LogP contribution >= 0.6 is 0 Å². The molecule has 1 aromatic rings. The van der Waals surface area contributed by atoms with Crippen LogP contribution in [0.25, 0.3) is 0 Å². The Labute approximate surface area is 122 Å². The molecule has 3 N–H and O–H groups in total. The molecule has 1 unspecified atom stereocenters. The molecule has 0 bridgehead atoms. The number of phenolic OH excluding ortho intramolecular Hbond substituents is 2. The van der Waals surface area contributed by atoms with Crippen LogP contribution in [0.5, 0.6) is 17.2 Å². The maximum absolute atomic E-state index is 12.1. The minimum atomic E-state index is -0.391. The van der Waals surface area contributed by atoms with Crippen LogP contribution in [0.3, 0.4) is 0 Å². The van der Waals surface area contributed by atoms with Gasteiger partial charge < -0.3 is 20.1 Å². The SMILES string of the molecule is COc1c(O)ccc(C(=O)C=CC2C=CC(O)=CC2)c1O. The van der Waals surface area contributed by atoms with E-state index in [0.29, 0.717) is 6.42 Å². The highest BCUT2D eigenvalue weighted by Crippen LogP contribution is 2.38. The summed E-state index contributed by atoms with van der Waals surface area (Å²) in [7, 11) is 1.30. The highest BCUT2D eigenvalue weighted by Gasteiger charge is 2.17.